The molecule has 732 valence electrons. The number of amides is 17. The zero-order chi connectivity index (χ0) is 98.8. The lowest BCUT2D eigenvalue weighted by Gasteiger charge is -2.38. The van der Waals surface area contributed by atoms with Gasteiger partial charge in [-0.3, -0.25) is 91.8 Å². The molecule has 3 aliphatic rings. The van der Waals surface area contributed by atoms with E-state index in [1.165, 1.54) is 33.7 Å². The lowest BCUT2D eigenvalue weighted by Crippen LogP contribution is -2.61. The van der Waals surface area contributed by atoms with Crippen molar-refractivity contribution in [3.8, 4) is 0 Å². The molecule has 42 nitrogen and oxygen atoms in total. The first-order chi connectivity index (χ1) is 64.1. The second-order valence-corrected chi connectivity index (χ2v) is 35.3. The standard InChI is InChI=1S/C89H121F3N24O18S/c1-9-11-24-68-81(128)105-58(23-17-29-98-88(95)96)77(124)111-66(76(123)101-41-72(94)119)44-135-45-74(121)104-63-33-49-32-52(89(90,91)92)27-28-67(49)116(86(63)133)48(5)75(122)107-64(37-71(93)118)85(132)115-30-18-26-69(115)82(129)106-60(36-53-40-97-46-102-53)79(126)108-61(31-47(3)4)83(130)112(6)42-73(120)103-59(34-50-38-99-56-21-15-13-19-54(50)56)78(125)110-65(43-117)80(127)109-62(35-51-39-100-57-22-16-14-20-55(51)57)84(131)114(8)70(25-12-10-2)87(134)113(68)7/h13-16,19-22,27-28,32,38-40,46-48,58-66,68-70,99-100,117H,9-12,17-18,23-26,29-31,33-37,41-45H2,1-8H3,(H2,93,118)(H2,94,119)(H,97,102)(H,101,123)(H,103,120)(H,104,121)(H,105,128)(H,106,129)(H,107,122)(H,108,126)(H,109,127)(H,110,125)(H,111,124)(H4,95,96,98)/t48-,58-,59-,60-,61-,62-,63-,64-,65-,66-,68-,69-,70-/m0/s1. The highest BCUT2D eigenvalue weighted by atomic mass is 32.2. The molecule has 3 aliphatic heterocycles. The maximum Gasteiger partial charge on any atom is 0.416 e. The average molecular weight is 1900 g/mol. The van der Waals surface area contributed by atoms with Crippen molar-refractivity contribution >= 4 is 146 Å². The van der Waals surface area contributed by atoms with Gasteiger partial charge in [0.1, 0.15) is 78.5 Å². The molecule has 9 rings (SSSR count). The van der Waals surface area contributed by atoms with Crippen LogP contribution in [0.1, 0.15) is 140 Å². The predicted molar refractivity (Wildman–Crippen MR) is 489 cm³/mol. The van der Waals surface area contributed by atoms with Crippen molar-refractivity contribution in [3.05, 3.63) is 120 Å². The third-order valence-corrected chi connectivity index (χ3v) is 24.7. The number of carbonyl (C=O) groups is 17. The zero-order valence-corrected chi connectivity index (χ0v) is 77.2. The number of nitrogens with zero attached hydrogens (tertiary/aromatic N) is 6. The minimum Gasteiger partial charge on any atom is -0.394 e. The Morgan fingerprint density at radius 2 is 1.18 bits per heavy atom. The van der Waals surface area contributed by atoms with E-state index in [1.54, 1.807) is 74.8 Å². The van der Waals surface area contributed by atoms with Crippen LogP contribution in [0.15, 0.2) is 91.6 Å². The first kappa shape index (κ1) is 105. The number of anilines is 1. The Morgan fingerprint density at radius 1 is 0.600 bits per heavy atom. The number of guanidine groups is 1. The number of halogens is 3. The summed E-state index contributed by atoms with van der Waals surface area (Å²) >= 11 is 0.660. The summed E-state index contributed by atoms with van der Waals surface area (Å²) in [7, 11) is 3.90. The van der Waals surface area contributed by atoms with Crippen LogP contribution in [-0.4, -0.2) is 295 Å². The number of likely N-dealkylation sites (N-methyl/N-ethyl adjacent to an activating group) is 3. The molecule has 2 saturated heterocycles. The fourth-order valence-corrected chi connectivity index (χ4v) is 17.4. The van der Waals surface area contributed by atoms with E-state index in [2.05, 4.69) is 78.4 Å². The number of alkyl halides is 3. The van der Waals surface area contributed by atoms with Gasteiger partial charge in [-0.1, -0.05) is 89.8 Å². The van der Waals surface area contributed by atoms with Crippen molar-refractivity contribution < 1.29 is 99.8 Å². The molecule has 3 aromatic heterocycles. The first-order valence-corrected chi connectivity index (χ1v) is 45.8. The largest absolute Gasteiger partial charge is 0.416 e. The molecule has 2 fully saturated rings. The highest BCUT2D eigenvalue weighted by Crippen LogP contribution is 2.37. The van der Waals surface area contributed by atoms with Gasteiger partial charge >= 0.3 is 6.18 Å². The molecule has 0 radical (unpaired) electrons. The van der Waals surface area contributed by atoms with Gasteiger partial charge < -0.3 is 115 Å². The van der Waals surface area contributed by atoms with Gasteiger partial charge in [-0.15, -0.1) is 11.8 Å². The molecule has 6 aromatic rings. The van der Waals surface area contributed by atoms with E-state index in [-0.39, 0.29) is 94.5 Å². The highest BCUT2D eigenvalue weighted by Gasteiger charge is 2.46. The van der Waals surface area contributed by atoms with E-state index in [4.69, 9.17) is 22.6 Å². The lowest BCUT2D eigenvalue weighted by atomic mass is 9.93. The van der Waals surface area contributed by atoms with E-state index in [9.17, 15) is 75.8 Å². The van der Waals surface area contributed by atoms with E-state index in [1.807, 2.05) is 13.8 Å². The third-order valence-electron chi connectivity index (χ3n) is 23.6. The summed E-state index contributed by atoms with van der Waals surface area (Å²) < 4.78 is 43.7. The van der Waals surface area contributed by atoms with Crippen LogP contribution < -0.4 is 80.6 Å². The van der Waals surface area contributed by atoms with Gasteiger partial charge in [0, 0.05) is 117 Å². The molecule has 0 spiro atoms. The Hall–Kier alpha value is -13.7. The number of aliphatic hydroxyl groups is 1. The van der Waals surface area contributed by atoms with Gasteiger partial charge in [0.15, 0.2) is 5.96 Å². The number of nitrogens with one attached hydrogen (secondary N) is 15. The number of hydrogen-bond acceptors (Lipinski definition) is 21. The Labute approximate surface area is 780 Å². The third kappa shape index (κ3) is 28.7. The van der Waals surface area contributed by atoms with Gasteiger partial charge in [-0.2, -0.15) is 13.2 Å². The number of thioether (sulfide) groups is 1. The number of primary amides is 2. The number of para-hydroxylation sites is 2. The van der Waals surface area contributed by atoms with Crippen molar-refractivity contribution in [1.29, 1.82) is 5.41 Å². The second-order valence-electron chi connectivity index (χ2n) is 34.3. The summed E-state index contributed by atoms with van der Waals surface area (Å²) in [6.45, 7) is 5.37. The molecule has 13 atom stereocenters. The number of rotatable bonds is 24. The molecule has 0 unspecified atom stereocenters. The van der Waals surface area contributed by atoms with E-state index >= 15 is 24.0 Å². The summed E-state index contributed by atoms with van der Waals surface area (Å²) in [6.07, 6.45) is -0.313. The number of carbonyl (C=O) groups excluding carboxylic acids is 17. The number of unbranched alkanes of at least 4 members (excludes halogenated alkanes) is 2. The van der Waals surface area contributed by atoms with Gasteiger partial charge in [0.2, 0.25) is 94.5 Å². The Kier molecular flexibility index (Phi) is 38.0. The number of aromatic amines is 3. The Morgan fingerprint density at radius 3 is 1.78 bits per heavy atom. The number of fused-ring (bicyclic) bond motifs is 7. The molecule has 0 aliphatic carbocycles. The normalized spacial score (nSPS) is 23.6. The van der Waals surface area contributed by atoms with Crippen molar-refractivity contribution in [2.24, 2.45) is 23.1 Å². The predicted octanol–water partition coefficient (Wildman–Crippen LogP) is -1.23. The molecule has 2 bridgehead atoms. The average Bonchev–Trinajstić information content (AvgIpc) is 1.71. The maximum atomic E-state index is 15.7. The smallest absolute Gasteiger partial charge is 0.394 e. The molecule has 0 saturated carbocycles. The van der Waals surface area contributed by atoms with Crippen LogP contribution in [0, 0.1) is 11.3 Å². The maximum absolute atomic E-state index is 15.7. The van der Waals surface area contributed by atoms with Crippen LogP contribution in [0.5, 0.6) is 0 Å². The fourth-order valence-electron chi connectivity index (χ4n) is 16.5. The second kappa shape index (κ2) is 48.8. The zero-order valence-electron chi connectivity index (χ0n) is 76.4. The van der Waals surface area contributed by atoms with Gasteiger partial charge in [-0.05, 0) is 105 Å². The number of imidazole rings is 1. The topological polar surface area (TPSA) is 621 Å². The minimum atomic E-state index is -4.97. The lowest BCUT2D eigenvalue weighted by molar-refractivity contribution is -0.149. The van der Waals surface area contributed by atoms with Crippen molar-refractivity contribution in [2.75, 3.05) is 70.3 Å². The Balaban J connectivity index is 1.10. The van der Waals surface area contributed by atoms with E-state index in [0.717, 1.165) is 37.5 Å². The van der Waals surface area contributed by atoms with Crippen molar-refractivity contribution in [2.45, 2.75) is 222 Å². The molecular formula is C89H121F3N24O18S. The summed E-state index contributed by atoms with van der Waals surface area (Å²) in [4.78, 5) is 267. The highest BCUT2D eigenvalue weighted by molar-refractivity contribution is 8.00. The number of H-pyrrole nitrogens is 3. The molecular weight excluding hydrogens is 1780 g/mol. The van der Waals surface area contributed by atoms with Crippen molar-refractivity contribution in [1.82, 2.24) is 98.0 Å². The molecule has 135 heavy (non-hydrogen) atoms. The quantitative estimate of drug-likeness (QED) is 0.0192. The molecule has 3 aromatic carbocycles. The van der Waals surface area contributed by atoms with Gasteiger partial charge in [0.25, 0.3) is 5.91 Å². The van der Waals surface area contributed by atoms with E-state index < -0.39 is 241 Å². The number of hydrogen-bond donors (Lipinski definition) is 19. The van der Waals surface area contributed by atoms with Gasteiger partial charge in [0.05, 0.1) is 43.8 Å². The number of nitrogens with two attached hydrogens (primary N) is 3. The van der Waals surface area contributed by atoms with Crippen LogP contribution in [0.2, 0.25) is 0 Å². The van der Waals surface area contributed by atoms with E-state index in [0.29, 0.717) is 88.2 Å². The van der Waals surface area contributed by atoms with Crippen LogP contribution in [0.3, 0.4) is 0 Å². The summed E-state index contributed by atoms with van der Waals surface area (Å²) in [5, 5.41) is 48.6. The summed E-state index contributed by atoms with van der Waals surface area (Å²) in [5.74, 6) is -19.0. The number of aromatic nitrogens is 4. The van der Waals surface area contributed by atoms with Crippen molar-refractivity contribution in [3.63, 3.8) is 0 Å². The molecule has 17 amide bonds. The summed E-state index contributed by atoms with van der Waals surface area (Å²) in [5.41, 5.74) is 17.6. The number of aliphatic hydroxyl groups excluding tert-OH is 1. The molecule has 46 heteroatoms. The van der Waals surface area contributed by atoms with Crippen LogP contribution in [0.4, 0.5) is 18.9 Å². The van der Waals surface area contributed by atoms with Gasteiger partial charge in [-0.25, -0.2) is 4.98 Å². The minimum absolute atomic E-state index is 0.00279. The van der Waals surface area contributed by atoms with Crippen LogP contribution in [0.25, 0.3) is 21.8 Å². The molecule has 6 heterocycles. The first-order valence-electron chi connectivity index (χ1n) is 44.6. The van der Waals surface area contributed by atoms with Crippen LogP contribution >= 0.6 is 11.8 Å². The monoisotopic (exact) mass is 1900 g/mol. The summed E-state index contributed by atoms with van der Waals surface area (Å²) in [6, 6.07) is -4.81. The number of benzene rings is 3. The molecule has 22 N–H and O–H groups in total. The SMILES string of the molecule is CCCC[C@H]1C(=O)N(C)[C@@H](CCCC)C(=O)N[C@@H](CCCNC(=N)N)C(=O)N[C@H](C(=O)NCC(N)=O)CSCC(=O)N[C@H]2Cc3cc(C(F)(F)F)ccc3N(C2=O)[C@@H](C)C(=O)N[C@@H](CC(N)=O)C(=O)N2CCC[C@H]2C(=O)N[C@@H](Cc2cnc[nH]2)C(=O)N[C@@H](CC(C)C)C(=O)N(C)CC(=O)N[C@@H](Cc2c[nH]c3ccccc23)C(=O)N[C@@H](CO)C(=O)N[C@@H](Cc2c[nH]c3ccccc23)C(=O)N1C. The van der Waals surface area contributed by atoms with Crippen LogP contribution in [-0.2, 0) is 113 Å². The Bertz CT molecular complexity index is 5300. The fraction of sp³-hybridized carbons (Fsp3) is 0.517.